The Hall–Kier alpha value is -2.37. The number of hydrogen-bond acceptors (Lipinski definition) is 7. The zero-order valence-corrected chi connectivity index (χ0v) is 15.9. The predicted molar refractivity (Wildman–Crippen MR) is 97.9 cm³/mol. The van der Waals surface area contributed by atoms with Crippen LogP contribution in [0.5, 0.6) is 0 Å². The van der Waals surface area contributed by atoms with Gasteiger partial charge in [-0.2, -0.15) is 5.26 Å². The number of benzene rings is 1. The second-order valence-corrected chi connectivity index (χ2v) is 7.46. The lowest BCUT2D eigenvalue weighted by atomic mass is 10.1. The molecule has 0 saturated heterocycles. The Morgan fingerprint density at radius 3 is 2.44 bits per heavy atom. The number of nitrogens with zero attached hydrogens (tertiary/aromatic N) is 2. The number of carbonyl (C=O) groups is 2. The first-order valence-electron chi connectivity index (χ1n) is 7.40. The maximum atomic E-state index is 12.1. The number of thiazole rings is 1. The Kier molecular flexibility index (Phi) is 6.17. The molecule has 25 heavy (non-hydrogen) atoms. The number of aromatic nitrogens is 1. The second-order valence-electron chi connectivity index (χ2n) is 5.40. The molecule has 1 heterocycles. The Morgan fingerprint density at radius 1 is 1.28 bits per heavy atom. The van der Waals surface area contributed by atoms with E-state index in [2.05, 4.69) is 10.3 Å². The normalized spacial score (nSPS) is 10.2. The molecule has 0 aliphatic rings. The number of nitrogens with one attached hydrogen (secondary N) is 1. The molecule has 0 bridgehead atoms. The summed E-state index contributed by atoms with van der Waals surface area (Å²) >= 11 is 2.31. The van der Waals surface area contributed by atoms with Crippen molar-refractivity contribution in [3.05, 3.63) is 38.8 Å². The van der Waals surface area contributed by atoms with Crippen LogP contribution in [0.3, 0.4) is 0 Å². The minimum Gasteiger partial charge on any atom is -0.451 e. The van der Waals surface area contributed by atoms with Gasteiger partial charge in [0.1, 0.15) is 10.3 Å². The molecule has 0 radical (unpaired) electrons. The van der Waals surface area contributed by atoms with E-state index in [0.29, 0.717) is 16.3 Å². The summed E-state index contributed by atoms with van der Waals surface area (Å²) in [5.41, 5.74) is 2.94. The van der Waals surface area contributed by atoms with Gasteiger partial charge in [-0.3, -0.25) is 4.79 Å². The SMILES string of the molecule is Cc1nc(C)c(C(=O)OCC(=O)Nc2c(C)cc(SC#N)cc2C)s1. The van der Waals surface area contributed by atoms with Crippen molar-refractivity contribution in [2.24, 2.45) is 0 Å². The highest BCUT2D eigenvalue weighted by molar-refractivity contribution is 8.03. The molecule has 8 heteroatoms. The van der Waals surface area contributed by atoms with Crippen molar-refractivity contribution in [1.29, 1.82) is 5.26 Å². The third kappa shape index (κ3) is 4.81. The number of amides is 1. The zero-order valence-electron chi connectivity index (χ0n) is 14.3. The summed E-state index contributed by atoms with van der Waals surface area (Å²) in [4.78, 5) is 29.5. The van der Waals surface area contributed by atoms with Crippen LogP contribution in [-0.4, -0.2) is 23.5 Å². The average Bonchev–Trinajstić information content (AvgIpc) is 2.87. The predicted octanol–water partition coefficient (Wildman–Crippen LogP) is 3.75. The number of carbonyl (C=O) groups excluding carboxylic acids is 2. The molecule has 2 aromatic rings. The number of anilines is 1. The summed E-state index contributed by atoms with van der Waals surface area (Å²) in [7, 11) is 0. The maximum absolute atomic E-state index is 12.1. The van der Waals surface area contributed by atoms with Crippen LogP contribution in [-0.2, 0) is 9.53 Å². The number of rotatable bonds is 5. The van der Waals surface area contributed by atoms with Crippen LogP contribution in [0.25, 0.3) is 0 Å². The molecule has 0 aliphatic carbocycles. The quantitative estimate of drug-likeness (QED) is 0.486. The maximum Gasteiger partial charge on any atom is 0.350 e. The summed E-state index contributed by atoms with van der Waals surface area (Å²) in [5, 5.41) is 14.3. The van der Waals surface area contributed by atoms with Gasteiger partial charge in [-0.1, -0.05) is 0 Å². The number of aryl methyl sites for hydroxylation is 4. The molecular formula is C17H17N3O3S2. The fourth-order valence-electron chi connectivity index (χ4n) is 2.33. The van der Waals surface area contributed by atoms with Crippen LogP contribution >= 0.6 is 23.1 Å². The average molecular weight is 375 g/mol. The number of nitriles is 1. The van der Waals surface area contributed by atoms with Crippen molar-refractivity contribution in [3.8, 4) is 5.40 Å². The first kappa shape index (κ1) is 19.0. The van der Waals surface area contributed by atoms with Gasteiger partial charge in [-0.05, 0) is 62.7 Å². The van der Waals surface area contributed by atoms with Gasteiger partial charge in [-0.25, -0.2) is 9.78 Å². The highest BCUT2D eigenvalue weighted by atomic mass is 32.2. The molecule has 0 unspecified atom stereocenters. The van der Waals surface area contributed by atoms with Gasteiger partial charge in [0, 0.05) is 10.6 Å². The van der Waals surface area contributed by atoms with E-state index in [1.807, 2.05) is 31.4 Å². The molecule has 0 fully saturated rings. The molecule has 2 rings (SSSR count). The van der Waals surface area contributed by atoms with Gasteiger partial charge >= 0.3 is 5.97 Å². The van der Waals surface area contributed by atoms with E-state index in [1.54, 1.807) is 13.8 Å². The molecule has 1 aromatic carbocycles. The largest absolute Gasteiger partial charge is 0.451 e. The standard InChI is InChI=1S/C17H17N3O3S2/c1-9-5-13(24-8-18)6-10(2)15(9)20-14(21)7-23-17(22)16-11(3)19-12(4)25-16/h5-6H,7H2,1-4H3,(H,20,21). The molecule has 6 nitrogen and oxygen atoms in total. The van der Waals surface area contributed by atoms with Crippen LogP contribution in [0.1, 0.15) is 31.5 Å². The van der Waals surface area contributed by atoms with Crippen LogP contribution in [0.4, 0.5) is 5.69 Å². The van der Waals surface area contributed by atoms with Gasteiger partial charge < -0.3 is 10.1 Å². The molecule has 1 amide bonds. The first-order chi connectivity index (χ1) is 11.8. The number of ether oxygens (including phenoxy) is 1. The third-order valence-corrected chi connectivity index (χ3v) is 4.97. The highest BCUT2D eigenvalue weighted by Crippen LogP contribution is 2.27. The van der Waals surface area contributed by atoms with Gasteiger partial charge in [0.25, 0.3) is 5.91 Å². The fraction of sp³-hybridized carbons (Fsp3) is 0.294. The van der Waals surface area contributed by atoms with E-state index in [0.717, 1.165) is 32.8 Å². The van der Waals surface area contributed by atoms with Crippen molar-refractivity contribution >= 4 is 40.7 Å². The molecule has 0 aliphatic heterocycles. The van der Waals surface area contributed by atoms with Crippen molar-refractivity contribution in [1.82, 2.24) is 4.98 Å². The monoisotopic (exact) mass is 375 g/mol. The third-order valence-electron chi connectivity index (χ3n) is 3.36. The summed E-state index contributed by atoms with van der Waals surface area (Å²) < 4.78 is 5.07. The van der Waals surface area contributed by atoms with E-state index in [1.165, 1.54) is 11.3 Å². The van der Waals surface area contributed by atoms with E-state index in [-0.39, 0.29) is 6.61 Å². The smallest absolute Gasteiger partial charge is 0.350 e. The van der Waals surface area contributed by atoms with Crippen LogP contribution in [0.2, 0.25) is 0 Å². The van der Waals surface area contributed by atoms with E-state index >= 15 is 0 Å². The number of hydrogen-bond donors (Lipinski definition) is 1. The summed E-state index contributed by atoms with van der Waals surface area (Å²) in [6.07, 6.45) is 0. The summed E-state index contributed by atoms with van der Waals surface area (Å²) in [6, 6.07) is 3.65. The van der Waals surface area contributed by atoms with Crippen molar-refractivity contribution < 1.29 is 14.3 Å². The lowest BCUT2D eigenvalue weighted by Crippen LogP contribution is -2.21. The Morgan fingerprint density at radius 2 is 1.92 bits per heavy atom. The molecule has 0 atom stereocenters. The molecule has 1 N–H and O–H groups in total. The Bertz CT molecular complexity index is 846. The van der Waals surface area contributed by atoms with Crippen LogP contribution in [0, 0.1) is 38.4 Å². The fourth-order valence-corrected chi connectivity index (χ4v) is 3.72. The lowest BCUT2D eigenvalue weighted by Gasteiger charge is -2.13. The molecular weight excluding hydrogens is 358 g/mol. The van der Waals surface area contributed by atoms with E-state index in [4.69, 9.17) is 10.00 Å². The number of esters is 1. The molecule has 1 aromatic heterocycles. The second kappa shape index (κ2) is 8.14. The molecule has 0 spiro atoms. The van der Waals surface area contributed by atoms with Crippen LogP contribution < -0.4 is 5.32 Å². The van der Waals surface area contributed by atoms with Crippen molar-refractivity contribution in [3.63, 3.8) is 0 Å². The molecule has 130 valence electrons. The van der Waals surface area contributed by atoms with E-state index < -0.39 is 11.9 Å². The van der Waals surface area contributed by atoms with Crippen molar-refractivity contribution in [2.45, 2.75) is 32.6 Å². The van der Waals surface area contributed by atoms with Gasteiger partial charge in [0.2, 0.25) is 0 Å². The van der Waals surface area contributed by atoms with Gasteiger partial charge in [0.15, 0.2) is 6.61 Å². The summed E-state index contributed by atoms with van der Waals surface area (Å²) in [5.74, 6) is -0.966. The first-order valence-corrected chi connectivity index (χ1v) is 9.03. The number of thioether (sulfide) groups is 1. The van der Waals surface area contributed by atoms with E-state index in [9.17, 15) is 9.59 Å². The van der Waals surface area contributed by atoms with Crippen molar-refractivity contribution in [2.75, 3.05) is 11.9 Å². The Balaban J connectivity index is 2.00. The minimum atomic E-state index is -0.549. The summed E-state index contributed by atoms with van der Waals surface area (Å²) in [6.45, 7) is 6.86. The minimum absolute atomic E-state index is 0.372. The van der Waals surface area contributed by atoms with Gasteiger partial charge in [0.05, 0.1) is 10.7 Å². The van der Waals surface area contributed by atoms with Gasteiger partial charge in [-0.15, -0.1) is 11.3 Å². The molecule has 0 saturated carbocycles. The Labute approximate surface area is 154 Å². The zero-order chi connectivity index (χ0) is 18.6. The number of thiocyanates is 1. The highest BCUT2D eigenvalue weighted by Gasteiger charge is 2.17. The van der Waals surface area contributed by atoms with Crippen LogP contribution in [0.15, 0.2) is 17.0 Å². The topological polar surface area (TPSA) is 92.1 Å². The lowest BCUT2D eigenvalue weighted by molar-refractivity contribution is -0.119.